The molecule has 1 aliphatic heterocycles. The average molecular weight is 309 g/mol. The Kier molecular flexibility index (Phi) is 4.68. The number of ether oxygens (including phenoxy) is 1. The number of aliphatic carboxylic acids is 1. The van der Waals surface area contributed by atoms with Gasteiger partial charge in [-0.3, -0.25) is 9.59 Å². The van der Waals surface area contributed by atoms with Gasteiger partial charge in [-0.1, -0.05) is 26.0 Å². The van der Waals surface area contributed by atoms with Crippen molar-refractivity contribution in [2.24, 2.45) is 11.3 Å². The van der Waals surface area contributed by atoms with Crippen molar-refractivity contribution in [1.29, 1.82) is 0 Å². The second kappa shape index (κ2) is 6.34. The van der Waals surface area contributed by atoms with Crippen molar-refractivity contribution >= 4 is 11.9 Å². The third-order valence-corrected chi connectivity index (χ3v) is 4.37. The molecule has 1 aromatic rings. The Morgan fingerprint density at radius 3 is 2.64 bits per heavy atom. The lowest BCUT2D eigenvalue weighted by atomic mass is 9.76. The van der Waals surface area contributed by atoms with Crippen LogP contribution in [0.3, 0.4) is 0 Å². The fourth-order valence-electron chi connectivity index (χ4n) is 2.73. The number of hydrogen-bond donors (Lipinski definition) is 1. The first kappa shape index (κ1) is 16.3. The van der Waals surface area contributed by atoms with Crippen LogP contribution in [-0.4, -0.2) is 41.6 Å². The Labute approximate surface area is 128 Å². The number of amides is 1. The molecule has 1 unspecified atom stereocenters. The highest BCUT2D eigenvalue weighted by molar-refractivity contribution is 5.81. The van der Waals surface area contributed by atoms with Crippen molar-refractivity contribution in [3.05, 3.63) is 30.1 Å². The zero-order valence-corrected chi connectivity index (χ0v) is 12.7. The molecule has 2 rings (SSSR count). The number of nitrogens with zero attached hydrogens (tertiary/aromatic N) is 1. The van der Waals surface area contributed by atoms with Gasteiger partial charge in [-0.25, -0.2) is 4.39 Å². The van der Waals surface area contributed by atoms with Gasteiger partial charge < -0.3 is 14.7 Å². The zero-order valence-electron chi connectivity index (χ0n) is 12.7. The molecule has 1 heterocycles. The van der Waals surface area contributed by atoms with E-state index in [0.29, 0.717) is 13.0 Å². The Morgan fingerprint density at radius 2 is 2.09 bits per heavy atom. The van der Waals surface area contributed by atoms with Crippen LogP contribution in [0.25, 0.3) is 0 Å². The lowest BCUT2D eigenvalue weighted by Gasteiger charge is -2.28. The summed E-state index contributed by atoms with van der Waals surface area (Å²) in [6.45, 7) is 3.94. The maximum absolute atomic E-state index is 13.4. The van der Waals surface area contributed by atoms with E-state index in [0.717, 1.165) is 0 Å². The quantitative estimate of drug-likeness (QED) is 0.905. The summed E-state index contributed by atoms with van der Waals surface area (Å²) in [6, 6.07) is 5.85. The Morgan fingerprint density at radius 1 is 1.41 bits per heavy atom. The number of hydrogen-bond acceptors (Lipinski definition) is 3. The normalized spacial score (nSPS) is 21.2. The third-order valence-electron chi connectivity index (χ3n) is 4.37. The fraction of sp³-hybridized carbons (Fsp3) is 0.500. The van der Waals surface area contributed by atoms with Gasteiger partial charge in [0.15, 0.2) is 18.2 Å². The summed E-state index contributed by atoms with van der Waals surface area (Å²) >= 11 is 0. The molecule has 1 aromatic carbocycles. The molecule has 120 valence electrons. The average Bonchev–Trinajstić information content (AvgIpc) is 2.93. The van der Waals surface area contributed by atoms with Gasteiger partial charge >= 0.3 is 5.97 Å². The molecule has 1 saturated heterocycles. The Bertz CT molecular complexity index is 575. The monoisotopic (exact) mass is 309 g/mol. The van der Waals surface area contributed by atoms with Gasteiger partial charge in [-0.2, -0.15) is 0 Å². The van der Waals surface area contributed by atoms with E-state index >= 15 is 0 Å². The third kappa shape index (κ3) is 3.05. The van der Waals surface area contributed by atoms with Crippen molar-refractivity contribution in [2.75, 3.05) is 19.7 Å². The number of para-hydroxylation sites is 1. The smallest absolute Gasteiger partial charge is 0.311 e. The molecule has 1 amide bonds. The van der Waals surface area contributed by atoms with Gasteiger partial charge in [0.05, 0.1) is 5.41 Å². The second-order valence-corrected chi connectivity index (χ2v) is 5.90. The van der Waals surface area contributed by atoms with Gasteiger partial charge in [0.1, 0.15) is 0 Å². The standard InChI is InChI=1S/C16H20FNO4/c1-11(2)16(15(20)21)7-8-18(10-16)14(19)9-22-13-6-4-3-5-12(13)17/h3-6,11H,7-10H2,1-2H3,(H,20,21). The lowest BCUT2D eigenvalue weighted by Crippen LogP contribution is -2.41. The topological polar surface area (TPSA) is 66.8 Å². The first-order valence-corrected chi connectivity index (χ1v) is 7.25. The van der Waals surface area contributed by atoms with Crippen molar-refractivity contribution in [2.45, 2.75) is 20.3 Å². The number of halogens is 1. The summed E-state index contributed by atoms with van der Waals surface area (Å²) in [4.78, 5) is 25.2. The summed E-state index contributed by atoms with van der Waals surface area (Å²) < 4.78 is 18.6. The highest BCUT2D eigenvalue weighted by atomic mass is 19.1. The zero-order chi connectivity index (χ0) is 16.3. The molecular formula is C16H20FNO4. The summed E-state index contributed by atoms with van der Waals surface area (Å²) in [7, 11) is 0. The van der Waals surface area contributed by atoms with E-state index in [1.54, 1.807) is 6.07 Å². The summed E-state index contributed by atoms with van der Waals surface area (Å²) in [5.41, 5.74) is -0.909. The molecule has 0 bridgehead atoms. The van der Waals surface area contributed by atoms with E-state index in [9.17, 15) is 19.1 Å². The van der Waals surface area contributed by atoms with Crippen LogP contribution in [0.2, 0.25) is 0 Å². The van der Waals surface area contributed by atoms with Crippen LogP contribution in [0.1, 0.15) is 20.3 Å². The predicted molar refractivity (Wildman–Crippen MR) is 78.0 cm³/mol. The van der Waals surface area contributed by atoms with E-state index in [2.05, 4.69) is 0 Å². The van der Waals surface area contributed by atoms with Gasteiger partial charge in [-0.05, 0) is 24.5 Å². The minimum atomic E-state index is -0.909. The lowest BCUT2D eigenvalue weighted by molar-refractivity contribution is -0.151. The minimum Gasteiger partial charge on any atom is -0.481 e. The molecule has 1 fully saturated rings. The van der Waals surface area contributed by atoms with Crippen molar-refractivity contribution in [3.63, 3.8) is 0 Å². The minimum absolute atomic E-state index is 0.0170. The Hall–Kier alpha value is -2.11. The molecule has 6 heteroatoms. The summed E-state index contributed by atoms with van der Waals surface area (Å²) in [5.74, 6) is -1.79. The van der Waals surface area contributed by atoms with Crippen molar-refractivity contribution < 1.29 is 23.8 Å². The van der Waals surface area contributed by atoms with Crippen LogP contribution in [0.4, 0.5) is 4.39 Å². The van der Waals surface area contributed by atoms with E-state index in [1.165, 1.54) is 23.1 Å². The molecule has 1 N–H and O–H groups in total. The van der Waals surface area contributed by atoms with Crippen LogP contribution < -0.4 is 4.74 Å². The first-order chi connectivity index (χ1) is 10.4. The van der Waals surface area contributed by atoms with Gasteiger partial charge in [0, 0.05) is 13.1 Å². The van der Waals surface area contributed by atoms with Crippen LogP contribution in [0.15, 0.2) is 24.3 Å². The summed E-state index contributed by atoms with van der Waals surface area (Å²) in [5, 5.41) is 9.46. The van der Waals surface area contributed by atoms with E-state index in [4.69, 9.17) is 4.74 Å². The van der Waals surface area contributed by atoms with Crippen LogP contribution in [0.5, 0.6) is 5.75 Å². The van der Waals surface area contributed by atoms with Gasteiger partial charge in [-0.15, -0.1) is 0 Å². The molecule has 1 atom stereocenters. The Balaban J connectivity index is 1.97. The highest BCUT2D eigenvalue weighted by Crippen LogP contribution is 2.38. The molecular weight excluding hydrogens is 289 g/mol. The number of likely N-dealkylation sites (tertiary alicyclic amines) is 1. The molecule has 0 aliphatic carbocycles. The summed E-state index contributed by atoms with van der Waals surface area (Å²) in [6.07, 6.45) is 0.422. The number of carboxylic acids is 1. The molecule has 0 saturated carbocycles. The maximum atomic E-state index is 13.4. The van der Waals surface area contributed by atoms with Crippen LogP contribution in [0, 0.1) is 17.2 Å². The molecule has 22 heavy (non-hydrogen) atoms. The largest absolute Gasteiger partial charge is 0.481 e. The van der Waals surface area contributed by atoms with Gasteiger partial charge in [0.2, 0.25) is 0 Å². The molecule has 1 aliphatic rings. The van der Waals surface area contributed by atoms with Crippen molar-refractivity contribution in [3.8, 4) is 5.75 Å². The second-order valence-electron chi connectivity index (χ2n) is 5.90. The number of carboxylic acid groups (broad SMARTS) is 1. The number of carbonyl (C=O) groups is 2. The van der Waals surface area contributed by atoms with Gasteiger partial charge in [0.25, 0.3) is 5.91 Å². The van der Waals surface area contributed by atoms with Crippen LogP contribution in [-0.2, 0) is 9.59 Å². The fourth-order valence-corrected chi connectivity index (χ4v) is 2.73. The highest BCUT2D eigenvalue weighted by Gasteiger charge is 2.48. The van der Waals surface area contributed by atoms with E-state index < -0.39 is 17.2 Å². The molecule has 0 spiro atoms. The molecule has 0 aromatic heterocycles. The maximum Gasteiger partial charge on any atom is 0.311 e. The van der Waals surface area contributed by atoms with E-state index in [-0.39, 0.29) is 30.7 Å². The number of rotatable bonds is 5. The van der Waals surface area contributed by atoms with Crippen molar-refractivity contribution in [1.82, 2.24) is 4.90 Å². The first-order valence-electron chi connectivity index (χ1n) is 7.25. The molecule has 5 nitrogen and oxygen atoms in total. The number of benzene rings is 1. The predicted octanol–water partition coefficient (Wildman–Crippen LogP) is 2.16. The van der Waals surface area contributed by atoms with E-state index in [1.807, 2.05) is 13.8 Å². The van der Waals surface area contributed by atoms with Crippen LogP contribution >= 0.6 is 0 Å². The number of carbonyl (C=O) groups excluding carboxylic acids is 1. The molecule has 0 radical (unpaired) electrons. The SMILES string of the molecule is CC(C)C1(C(=O)O)CCN(C(=O)COc2ccccc2F)C1.